The van der Waals surface area contributed by atoms with Crippen molar-refractivity contribution in [2.24, 2.45) is 0 Å². The van der Waals surface area contributed by atoms with Crippen molar-refractivity contribution < 1.29 is 9.84 Å². The summed E-state index contributed by atoms with van der Waals surface area (Å²) < 4.78 is 6.35. The largest absolute Gasteiger partial charge is 0.493 e. The molecule has 2 nitrogen and oxygen atoms in total. The van der Waals surface area contributed by atoms with Gasteiger partial charge in [-0.2, -0.15) is 0 Å². The zero-order valence-electron chi connectivity index (χ0n) is 12.0. The summed E-state index contributed by atoms with van der Waals surface area (Å²) in [5.41, 5.74) is 4.08. The summed E-state index contributed by atoms with van der Waals surface area (Å²) in [4.78, 5) is 0. The Morgan fingerprint density at radius 1 is 1.05 bits per heavy atom. The van der Waals surface area contributed by atoms with Crippen molar-refractivity contribution in [2.45, 2.75) is 26.9 Å². The first kappa shape index (κ1) is 15.1. The molecule has 2 rings (SSSR count). The van der Waals surface area contributed by atoms with Crippen LogP contribution in [0.5, 0.6) is 5.75 Å². The highest BCUT2D eigenvalue weighted by Gasteiger charge is 2.13. The van der Waals surface area contributed by atoms with Crippen LogP contribution in [0, 0.1) is 13.8 Å². The van der Waals surface area contributed by atoms with Gasteiger partial charge in [0.2, 0.25) is 0 Å². The van der Waals surface area contributed by atoms with E-state index in [4.69, 9.17) is 4.74 Å². The number of ether oxygens (including phenoxy) is 1. The predicted octanol–water partition coefficient (Wildman–Crippen LogP) is 4.55. The number of aliphatic hydroxyl groups is 1. The van der Waals surface area contributed by atoms with Crippen LogP contribution in [0.3, 0.4) is 0 Å². The monoisotopic (exact) mass is 334 g/mol. The third-order valence-corrected chi connectivity index (χ3v) is 3.75. The molecule has 106 valence electrons. The van der Waals surface area contributed by atoms with Crippen LogP contribution >= 0.6 is 15.9 Å². The maximum Gasteiger partial charge on any atom is 0.133 e. The Morgan fingerprint density at radius 3 is 2.25 bits per heavy atom. The second-order valence-corrected chi connectivity index (χ2v) is 5.80. The first-order valence-corrected chi connectivity index (χ1v) is 7.49. The van der Waals surface area contributed by atoms with Crippen molar-refractivity contribution >= 4 is 15.9 Å². The van der Waals surface area contributed by atoms with E-state index in [0.29, 0.717) is 6.61 Å². The molecule has 0 heterocycles. The minimum absolute atomic E-state index is 0.623. The van der Waals surface area contributed by atoms with E-state index in [9.17, 15) is 5.11 Å². The zero-order valence-corrected chi connectivity index (χ0v) is 13.6. The van der Waals surface area contributed by atoms with Crippen LogP contribution in [-0.4, -0.2) is 11.7 Å². The third-order valence-electron chi connectivity index (χ3n) is 3.13. The summed E-state index contributed by atoms with van der Waals surface area (Å²) in [7, 11) is 0. The number of aryl methyl sites for hydroxylation is 2. The number of aliphatic hydroxyl groups excluding tert-OH is 1. The van der Waals surface area contributed by atoms with Gasteiger partial charge in [0.1, 0.15) is 11.9 Å². The summed E-state index contributed by atoms with van der Waals surface area (Å²) in [6.45, 7) is 6.65. The van der Waals surface area contributed by atoms with Gasteiger partial charge >= 0.3 is 0 Å². The minimum atomic E-state index is -0.624. The van der Waals surface area contributed by atoms with Crippen LogP contribution in [0.15, 0.2) is 40.9 Å². The fraction of sp³-hybridized carbons (Fsp3) is 0.294. The van der Waals surface area contributed by atoms with E-state index in [2.05, 4.69) is 22.0 Å². The fourth-order valence-electron chi connectivity index (χ4n) is 2.32. The summed E-state index contributed by atoms with van der Waals surface area (Å²) in [5.74, 6) is 0.795. The molecule has 1 N–H and O–H groups in total. The van der Waals surface area contributed by atoms with Gasteiger partial charge in [-0.3, -0.25) is 0 Å². The first-order valence-electron chi connectivity index (χ1n) is 6.69. The average Bonchev–Trinajstić information content (AvgIpc) is 2.39. The predicted molar refractivity (Wildman–Crippen MR) is 85.3 cm³/mol. The molecule has 0 aliphatic rings. The molecule has 20 heavy (non-hydrogen) atoms. The fourth-order valence-corrected chi connectivity index (χ4v) is 2.83. The highest BCUT2D eigenvalue weighted by Crippen LogP contribution is 2.31. The molecule has 3 heteroatoms. The van der Waals surface area contributed by atoms with Crippen molar-refractivity contribution in [3.63, 3.8) is 0 Å². The van der Waals surface area contributed by atoms with E-state index in [1.807, 2.05) is 51.1 Å². The lowest BCUT2D eigenvalue weighted by Crippen LogP contribution is -2.01. The Bertz CT molecular complexity index is 588. The summed E-state index contributed by atoms with van der Waals surface area (Å²) in [6, 6.07) is 11.8. The number of halogens is 1. The third kappa shape index (κ3) is 3.41. The van der Waals surface area contributed by atoms with Gasteiger partial charge < -0.3 is 9.84 Å². The summed E-state index contributed by atoms with van der Waals surface area (Å²) in [6.07, 6.45) is -0.624. The normalized spacial score (nSPS) is 12.2. The standard InChI is InChI=1S/C17H19BrO2/c1-4-20-16-6-5-13(10-15(16)18)17(19)14-8-11(2)7-12(3)9-14/h5-10,17,19H,4H2,1-3H3. The van der Waals surface area contributed by atoms with Gasteiger partial charge in [-0.25, -0.2) is 0 Å². The zero-order chi connectivity index (χ0) is 14.7. The van der Waals surface area contributed by atoms with Crippen molar-refractivity contribution in [1.29, 1.82) is 0 Å². The summed E-state index contributed by atoms with van der Waals surface area (Å²) in [5, 5.41) is 10.5. The van der Waals surface area contributed by atoms with Crippen LogP contribution < -0.4 is 4.74 Å². The Kier molecular flexibility index (Phi) is 4.84. The van der Waals surface area contributed by atoms with E-state index in [1.165, 1.54) is 0 Å². The molecule has 0 radical (unpaired) electrons. The van der Waals surface area contributed by atoms with Gasteiger partial charge in [0.15, 0.2) is 0 Å². The molecule has 0 saturated carbocycles. The van der Waals surface area contributed by atoms with E-state index < -0.39 is 6.10 Å². The Balaban J connectivity index is 2.33. The highest BCUT2D eigenvalue weighted by atomic mass is 79.9. The van der Waals surface area contributed by atoms with Crippen LogP contribution in [-0.2, 0) is 0 Å². The second-order valence-electron chi connectivity index (χ2n) is 4.95. The smallest absolute Gasteiger partial charge is 0.133 e. The first-order chi connectivity index (χ1) is 9.51. The maximum atomic E-state index is 10.5. The molecule has 1 unspecified atom stereocenters. The van der Waals surface area contributed by atoms with Crippen LogP contribution in [0.25, 0.3) is 0 Å². The molecule has 0 fully saturated rings. The van der Waals surface area contributed by atoms with Gasteiger partial charge in [-0.15, -0.1) is 0 Å². The highest BCUT2D eigenvalue weighted by molar-refractivity contribution is 9.10. The second kappa shape index (κ2) is 6.42. The molecule has 0 spiro atoms. The van der Waals surface area contributed by atoms with Crippen molar-refractivity contribution in [3.8, 4) is 5.75 Å². The number of rotatable bonds is 4. The Labute approximate surface area is 128 Å². The van der Waals surface area contributed by atoms with Crippen molar-refractivity contribution in [2.75, 3.05) is 6.61 Å². The van der Waals surface area contributed by atoms with Gasteiger partial charge in [-0.05, 0) is 60.0 Å². The van der Waals surface area contributed by atoms with Crippen LogP contribution in [0.4, 0.5) is 0 Å². The average molecular weight is 335 g/mol. The van der Waals surface area contributed by atoms with Gasteiger partial charge in [-0.1, -0.05) is 35.4 Å². The quantitative estimate of drug-likeness (QED) is 0.888. The molecular formula is C17H19BrO2. The van der Waals surface area contributed by atoms with E-state index >= 15 is 0 Å². The van der Waals surface area contributed by atoms with Crippen LogP contribution in [0.1, 0.15) is 35.3 Å². The molecule has 0 aromatic heterocycles. The Hall–Kier alpha value is -1.32. The molecule has 2 aromatic rings. The minimum Gasteiger partial charge on any atom is -0.493 e. The van der Waals surface area contributed by atoms with Crippen molar-refractivity contribution in [3.05, 3.63) is 63.1 Å². The molecular weight excluding hydrogens is 316 g/mol. The van der Waals surface area contributed by atoms with Gasteiger partial charge in [0, 0.05) is 0 Å². The molecule has 0 amide bonds. The number of hydrogen-bond acceptors (Lipinski definition) is 2. The molecule has 0 aliphatic heterocycles. The van der Waals surface area contributed by atoms with Crippen molar-refractivity contribution in [1.82, 2.24) is 0 Å². The lowest BCUT2D eigenvalue weighted by molar-refractivity contribution is 0.220. The topological polar surface area (TPSA) is 29.5 Å². The lowest BCUT2D eigenvalue weighted by atomic mass is 9.98. The SMILES string of the molecule is CCOc1ccc(C(O)c2cc(C)cc(C)c2)cc1Br. The molecule has 0 saturated heterocycles. The Morgan fingerprint density at radius 2 is 1.70 bits per heavy atom. The van der Waals surface area contributed by atoms with Crippen LogP contribution in [0.2, 0.25) is 0 Å². The number of benzene rings is 2. The lowest BCUT2D eigenvalue weighted by Gasteiger charge is -2.15. The molecule has 0 bridgehead atoms. The number of hydrogen-bond donors (Lipinski definition) is 1. The molecule has 2 aromatic carbocycles. The van der Waals surface area contributed by atoms with Gasteiger partial charge in [0.25, 0.3) is 0 Å². The molecule has 1 atom stereocenters. The van der Waals surface area contributed by atoms with Gasteiger partial charge in [0.05, 0.1) is 11.1 Å². The molecule has 0 aliphatic carbocycles. The van der Waals surface area contributed by atoms with E-state index in [1.54, 1.807) is 0 Å². The van der Waals surface area contributed by atoms with E-state index in [-0.39, 0.29) is 0 Å². The maximum absolute atomic E-state index is 10.5. The van der Waals surface area contributed by atoms with E-state index in [0.717, 1.165) is 32.5 Å². The summed E-state index contributed by atoms with van der Waals surface area (Å²) >= 11 is 3.48.